The van der Waals surface area contributed by atoms with Crippen molar-refractivity contribution >= 4 is 35.3 Å². The van der Waals surface area contributed by atoms with Gasteiger partial charge in [0.1, 0.15) is 0 Å². The first-order valence-corrected chi connectivity index (χ1v) is 8.79. The van der Waals surface area contributed by atoms with E-state index in [4.69, 9.17) is 15.5 Å². The number of H-pyrrole nitrogens is 1. The normalized spacial score (nSPS) is 14.9. The summed E-state index contributed by atoms with van der Waals surface area (Å²) in [5, 5.41) is 18.4. The zero-order valence-corrected chi connectivity index (χ0v) is 16.5. The highest BCUT2D eigenvalue weighted by Crippen LogP contribution is 2.31. The van der Waals surface area contributed by atoms with Gasteiger partial charge in [-0.2, -0.15) is 10.1 Å². The van der Waals surface area contributed by atoms with E-state index in [1.165, 1.54) is 0 Å². The Hall–Kier alpha value is -2.56. The molecular weight excluding hydrogens is 384 g/mol. The number of hydrogen-bond acceptors (Lipinski definition) is 9. The summed E-state index contributed by atoms with van der Waals surface area (Å²) in [7, 11) is 0. The van der Waals surface area contributed by atoms with Crippen LogP contribution in [0.3, 0.4) is 0 Å². The fraction of sp³-hybridized carbons (Fsp3) is 0.471. The average Bonchev–Trinajstić information content (AvgIpc) is 3.03. The standard InChI is InChI=1S/C17H22N8O2.ClH/c1-17(2,26)7-11-12-13(10-8-19-15(18)20-9-10)21-16(22-14(12)24-23-11)25-3-5-27-6-4-25;/h8-9,26H,3-7H2,1-2H3,(H2,18,19,20)(H,21,22,23,24);1H. The maximum absolute atomic E-state index is 10.2. The van der Waals surface area contributed by atoms with E-state index in [2.05, 4.69) is 30.0 Å². The van der Waals surface area contributed by atoms with Crippen LogP contribution in [0.25, 0.3) is 22.3 Å². The van der Waals surface area contributed by atoms with E-state index < -0.39 is 5.60 Å². The molecule has 4 heterocycles. The van der Waals surface area contributed by atoms with Crippen LogP contribution < -0.4 is 10.6 Å². The zero-order chi connectivity index (χ0) is 19.0. The lowest BCUT2D eigenvalue weighted by atomic mass is 10.00. The second-order valence-electron chi connectivity index (χ2n) is 7.18. The SMILES string of the molecule is CC(C)(O)Cc1n[nH]c2nc(N3CCOCC3)nc(-c3cnc(N)nc3)c12.Cl. The lowest BCUT2D eigenvalue weighted by Crippen LogP contribution is -2.37. The van der Waals surface area contributed by atoms with E-state index in [1.54, 1.807) is 26.2 Å². The van der Waals surface area contributed by atoms with Crippen molar-refractivity contribution in [2.75, 3.05) is 36.9 Å². The van der Waals surface area contributed by atoms with Gasteiger partial charge in [-0.1, -0.05) is 0 Å². The van der Waals surface area contributed by atoms with E-state index in [1.807, 2.05) is 0 Å². The molecule has 0 radical (unpaired) electrons. The van der Waals surface area contributed by atoms with Gasteiger partial charge in [-0.3, -0.25) is 5.10 Å². The third-order valence-corrected chi connectivity index (χ3v) is 4.32. The van der Waals surface area contributed by atoms with Crippen molar-refractivity contribution in [2.45, 2.75) is 25.9 Å². The van der Waals surface area contributed by atoms with Crippen LogP contribution in [0.15, 0.2) is 12.4 Å². The Labute approximate surface area is 168 Å². The molecular formula is C17H23ClN8O2. The van der Waals surface area contributed by atoms with Gasteiger partial charge in [0.05, 0.1) is 35.6 Å². The number of aromatic amines is 1. The number of nitrogen functional groups attached to an aromatic ring is 1. The summed E-state index contributed by atoms with van der Waals surface area (Å²) < 4.78 is 5.42. The molecule has 3 aromatic heterocycles. The minimum absolute atomic E-state index is 0. The first kappa shape index (κ1) is 20.2. The maximum Gasteiger partial charge on any atom is 0.228 e. The van der Waals surface area contributed by atoms with Crippen LogP contribution in [0.5, 0.6) is 0 Å². The topological polar surface area (TPSA) is 139 Å². The minimum atomic E-state index is -0.917. The van der Waals surface area contributed by atoms with Gasteiger partial charge in [0.2, 0.25) is 11.9 Å². The number of nitrogens with zero attached hydrogens (tertiary/aromatic N) is 6. The number of anilines is 2. The third kappa shape index (κ3) is 4.13. The summed E-state index contributed by atoms with van der Waals surface area (Å²) >= 11 is 0. The molecule has 3 aromatic rings. The van der Waals surface area contributed by atoms with E-state index in [0.717, 1.165) is 5.39 Å². The van der Waals surface area contributed by atoms with Crippen molar-refractivity contribution in [3.8, 4) is 11.3 Å². The van der Waals surface area contributed by atoms with Crippen LogP contribution in [-0.2, 0) is 11.2 Å². The van der Waals surface area contributed by atoms with Gasteiger partial charge in [-0.15, -0.1) is 12.4 Å². The fourth-order valence-electron chi connectivity index (χ4n) is 3.09. The fourth-order valence-corrected chi connectivity index (χ4v) is 3.09. The smallest absolute Gasteiger partial charge is 0.228 e. The third-order valence-electron chi connectivity index (χ3n) is 4.32. The highest BCUT2D eigenvalue weighted by molar-refractivity contribution is 5.93. The number of ether oxygens (including phenoxy) is 1. The van der Waals surface area contributed by atoms with Crippen molar-refractivity contribution in [1.82, 2.24) is 30.1 Å². The first-order chi connectivity index (χ1) is 12.9. The molecule has 0 atom stereocenters. The summed E-state index contributed by atoms with van der Waals surface area (Å²) in [6.45, 7) is 6.18. The second-order valence-corrected chi connectivity index (χ2v) is 7.18. The Kier molecular flexibility index (Phi) is 5.64. The summed E-state index contributed by atoms with van der Waals surface area (Å²) in [5.74, 6) is 0.789. The number of rotatable bonds is 4. The molecule has 10 nitrogen and oxygen atoms in total. The Morgan fingerprint density at radius 2 is 1.89 bits per heavy atom. The van der Waals surface area contributed by atoms with E-state index in [-0.39, 0.29) is 18.4 Å². The quantitative estimate of drug-likeness (QED) is 0.578. The maximum atomic E-state index is 10.2. The summed E-state index contributed by atoms with van der Waals surface area (Å²) in [4.78, 5) is 19.7. The van der Waals surface area contributed by atoms with Crippen LogP contribution in [0.4, 0.5) is 11.9 Å². The van der Waals surface area contributed by atoms with Crippen molar-refractivity contribution in [1.29, 1.82) is 0 Å². The minimum Gasteiger partial charge on any atom is -0.390 e. The molecule has 0 spiro atoms. The number of aromatic nitrogens is 6. The van der Waals surface area contributed by atoms with E-state index >= 15 is 0 Å². The Morgan fingerprint density at radius 1 is 1.21 bits per heavy atom. The number of hydrogen-bond donors (Lipinski definition) is 3. The number of halogens is 1. The van der Waals surface area contributed by atoms with Crippen LogP contribution in [0.1, 0.15) is 19.5 Å². The van der Waals surface area contributed by atoms with Crippen molar-refractivity contribution in [3.05, 3.63) is 18.1 Å². The van der Waals surface area contributed by atoms with E-state index in [9.17, 15) is 5.11 Å². The molecule has 1 fully saturated rings. The molecule has 0 amide bonds. The van der Waals surface area contributed by atoms with Crippen LogP contribution >= 0.6 is 12.4 Å². The monoisotopic (exact) mass is 406 g/mol. The number of aliphatic hydroxyl groups is 1. The van der Waals surface area contributed by atoms with Gasteiger partial charge in [0, 0.05) is 37.5 Å². The molecule has 0 unspecified atom stereocenters. The van der Waals surface area contributed by atoms with Crippen LogP contribution in [0, 0.1) is 0 Å². The second kappa shape index (κ2) is 7.82. The van der Waals surface area contributed by atoms with Crippen molar-refractivity contribution in [2.24, 2.45) is 0 Å². The molecule has 1 saturated heterocycles. The van der Waals surface area contributed by atoms with Crippen molar-refractivity contribution < 1.29 is 9.84 Å². The van der Waals surface area contributed by atoms with Gasteiger partial charge in [0.25, 0.3) is 0 Å². The molecule has 0 aliphatic carbocycles. The van der Waals surface area contributed by atoms with Gasteiger partial charge in [0.15, 0.2) is 5.65 Å². The van der Waals surface area contributed by atoms with Gasteiger partial charge >= 0.3 is 0 Å². The van der Waals surface area contributed by atoms with Crippen LogP contribution in [0.2, 0.25) is 0 Å². The molecule has 11 heteroatoms. The zero-order valence-electron chi connectivity index (χ0n) is 15.7. The highest BCUT2D eigenvalue weighted by Gasteiger charge is 2.24. The molecule has 0 bridgehead atoms. The summed E-state index contributed by atoms with van der Waals surface area (Å²) in [6.07, 6.45) is 3.62. The summed E-state index contributed by atoms with van der Waals surface area (Å²) in [5.41, 5.74) is 7.39. The molecule has 1 aliphatic rings. The summed E-state index contributed by atoms with van der Waals surface area (Å²) in [6, 6.07) is 0. The Bertz CT molecular complexity index is 948. The van der Waals surface area contributed by atoms with Crippen LogP contribution in [-0.4, -0.2) is 67.1 Å². The number of nitrogens with two attached hydrogens (primary N) is 1. The molecule has 1 aliphatic heterocycles. The molecule has 4 N–H and O–H groups in total. The Balaban J connectivity index is 0.00000225. The predicted octanol–water partition coefficient (Wildman–Crippen LogP) is 0.964. The molecule has 150 valence electrons. The predicted molar refractivity (Wildman–Crippen MR) is 107 cm³/mol. The molecule has 28 heavy (non-hydrogen) atoms. The van der Waals surface area contributed by atoms with Gasteiger partial charge in [-0.25, -0.2) is 15.0 Å². The highest BCUT2D eigenvalue weighted by atomic mass is 35.5. The Morgan fingerprint density at radius 3 is 2.54 bits per heavy atom. The van der Waals surface area contributed by atoms with E-state index in [0.29, 0.717) is 61.3 Å². The lowest BCUT2D eigenvalue weighted by molar-refractivity contribution is 0.0802. The lowest BCUT2D eigenvalue weighted by Gasteiger charge is -2.27. The first-order valence-electron chi connectivity index (χ1n) is 8.79. The molecule has 0 aromatic carbocycles. The average molecular weight is 407 g/mol. The van der Waals surface area contributed by atoms with Gasteiger partial charge < -0.3 is 20.5 Å². The largest absolute Gasteiger partial charge is 0.390 e. The number of fused-ring (bicyclic) bond motifs is 1. The number of nitrogens with one attached hydrogen (secondary N) is 1. The molecule has 0 saturated carbocycles. The van der Waals surface area contributed by atoms with Gasteiger partial charge in [-0.05, 0) is 13.8 Å². The van der Waals surface area contributed by atoms with Crippen molar-refractivity contribution in [3.63, 3.8) is 0 Å². The number of morpholine rings is 1. The molecule has 4 rings (SSSR count).